The molecule has 0 saturated carbocycles. The van der Waals surface area contributed by atoms with Gasteiger partial charge in [-0.2, -0.15) is 12.6 Å². The molecule has 0 spiro atoms. The molecule has 0 aliphatic carbocycles. The molecule has 0 radical (unpaired) electrons. The van der Waals surface area contributed by atoms with Crippen LogP contribution in [0.2, 0.25) is 0 Å². The summed E-state index contributed by atoms with van der Waals surface area (Å²) in [5.41, 5.74) is 5.60. The standard InChI is InChI=1S/C17H37NS/c1-2-3-4-5-6-7-8-9-10-11-12-13-14-15-16-17(18)19/h17,19H,2-16,18H2,1H3. The van der Waals surface area contributed by atoms with Gasteiger partial charge in [0.1, 0.15) is 0 Å². The van der Waals surface area contributed by atoms with Crippen LogP contribution < -0.4 is 5.73 Å². The van der Waals surface area contributed by atoms with E-state index in [2.05, 4.69) is 19.6 Å². The van der Waals surface area contributed by atoms with Gasteiger partial charge in [0, 0.05) is 5.37 Å². The maximum absolute atomic E-state index is 5.60. The fraction of sp³-hybridized carbons (Fsp3) is 1.00. The van der Waals surface area contributed by atoms with Crippen molar-refractivity contribution in [3.8, 4) is 0 Å². The maximum Gasteiger partial charge on any atom is 0.0477 e. The lowest BCUT2D eigenvalue weighted by atomic mass is 10.0. The summed E-state index contributed by atoms with van der Waals surface area (Å²) in [5, 5.41) is 0.0947. The minimum absolute atomic E-state index is 0.0947. The van der Waals surface area contributed by atoms with Crippen molar-refractivity contribution in [2.45, 2.75) is 109 Å². The minimum atomic E-state index is 0.0947. The van der Waals surface area contributed by atoms with Crippen LogP contribution in [0.5, 0.6) is 0 Å². The van der Waals surface area contributed by atoms with Crippen LogP contribution in [0.15, 0.2) is 0 Å². The van der Waals surface area contributed by atoms with E-state index in [9.17, 15) is 0 Å². The monoisotopic (exact) mass is 287 g/mol. The van der Waals surface area contributed by atoms with Gasteiger partial charge in [-0.3, -0.25) is 0 Å². The van der Waals surface area contributed by atoms with Gasteiger partial charge in [0.25, 0.3) is 0 Å². The molecule has 0 fully saturated rings. The summed E-state index contributed by atoms with van der Waals surface area (Å²) in [5.74, 6) is 0. The Morgan fingerprint density at radius 2 is 0.947 bits per heavy atom. The maximum atomic E-state index is 5.60. The van der Waals surface area contributed by atoms with Crippen molar-refractivity contribution in [1.82, 2.24) is 0 Å². The van der Waals surface area contributed by atoms with Crippen molar-refractivity contribution in [1.29, 1.82) is 0 Å². The smallest absolute Gasteiger partial charge is 0.0477 e. The van der Waals surface area contributed by atoms with Crippen molar-refractivity contribution >= 4 is 12.6 Å². The van der Waals surface area contributed by atoms with Gasteiger partial charge >= 0.3 is 0 Å². The molecule has 0 saturated heterocycles. The molecule has 0 aromatic heterocycles. The Bertz CT molecular complexity index is 159. The quantitative estimate of drug-likeness (QED) is 0.213. The van der Waals surface area contributed by atoms with Gasteiger partial charge in [-0.1, -0.05) is 96.8 Å². The van der Waals surface area contributed by atoms with E-state index in [4.69, 9.17) is 5.73 Å². The highest BCUT2D eigenvalue weighted by Crippen LogP contribution is 2.13. The molecule has 0 heterocycles. The summed E-state index contributed by atoms with van der Waals surface area (Å²) in [4.78, 5) is 0. The largest absolute Gasteiger partial charge is 0.320 e. The Kier molecular flexibility index (Phi) is 16.6. The Morgan fingerprint density at radius 1 is 0.632 bits per heavy atom. The molecule has 0 aromatic rings. The molecule has 1 atom stereocenters. The van der Waals surface area contributed by atoms with Crippen molar-refractivity contribution in [2.24, 2.45) is 5.73 Å². The molecule has 0 bridgehead atoms. The van der Waals surface area contributed by atoms with Crippen molar-refractivity contribution in [2.75, 3.05) is 0 Å². The number of rotatable bonds is 15. The normalized spacial score (nSPS) is 12.8. The molecule has 0 aliphatic rings. The van der Waals surface area contributed by atoms with Crippen LogP contribution in [0, 0.1) is 0 Å². The summed E-state index contributed by atoms with van der Waals surface area (Å²) in [7, 11) is 0. The van der Waals surface area contributed by atoms with Crippen molar-refractivity contribution in [3.05, 3.63) is 0 Å². The fourth-order valence-corrected chi connectivity index (χ4v) is 2.73. The van der Waals surface area contributed by atoms with E-state index in [1.54, 1.807) is 0 Å². The zero-order valence-corrected chi connectivity index (χ0v) is 14.1. The van der Waals surface area contributed by atoms with Crippen molar-refractivity contribution in [3.63, 3.8) is 0 Å². The van der Waals surface area contributed by atoms with E-state index in [0.717, 1.165) is 6.42 Å². The molecule has 116 valence electrons. The van der Waals surface area contributed by atoms with E-state index in [0.29, 0.717) is 0 Å². The molecular weight excluding hydrogens is 250 g/mol. The number of thiol groups is 1. The van der Waals surface area contributed by atoms with Crippen LogP contribution in [-0.4, -0.2) is 5.37 Å². The van der Waals surface area contributed by atoms with Gasteiger partial charge in [0.15, 0.2) is 0 Å². The van der Waals surface area contributed by atoms with Gasteiger partial charge in [-0.15, -0.1) is 0 Å². The molecule has 1 unspecified atom stereocenters. The van der Waals surface area contributed by atoms with Crippen molar-refractivity contribution < 1.29 is 0 Å². The zero-order valence-electron chi connectivity index (χ0n) is 13.2. The fourth-order valence-electron chi connectivity index (χ4n) is 2.55. The van der Waals surface area contributed by atoms with Gasteiger partial charge < -0.3 is 5.73 Å². The van der Waals surface area contributed by atoms with Crippen LogP contribution >= 0.6 is 12.6 Å². The average Bonchev–Trinajstić information content (AvgIpc) is 2.39. The van der Waals surface area contributed by atoms with E-state index < -0.39 is 0 Å². The Balaban J connectivity index is 2.91. The summed E-state index contributed by atoms with van der Waals surface area (Å²) in [6.07, 6.45) is 20.9. The van der Waals surface area contributed by atoms with Crippen LogP contribution in [0.4, 0.5) is 0 Å². The third-order valence-electron chi connectivity index (χ3n) is 3.85. The highest BCUT2D eigenvalue weighted by Gasteiger charge is 1.96. The lowest BCUT2D eigenvalue weighted by molar-refractivity contribution is 0.531. The second-order valence-corrected chi connectivity index (χ2v) is 6.62. The van der Waals surface area contributed by atoms with Gasteiger partial charge in [-0.25, -0.2) is 0 Å². The van der Waals surface area contributed by atoms with Crippen LogP contribution in [0.25, 0.3) is 0 Å². The average molecular weight is 288 g/mol. The van der Waals surface area contributed by atoms with Gasteiger partial charge in [0.05, 0.1) is 0 Å². The molecule has 0 amide bonds. The summed E-state index contributed by atoms with van der Waals surface area (Å²) >= 11 is 4.19. The summed E-state index contributed by atoms with van der Waals surface area (Å²) < 4.78 is 0. The predicted octanol–water partition coefficient (Wildman–Crippen LogP) is 6.07. The molecule has 0 rings (SSSR count). The van der Waals surface area contributed by atoms with Crippen LogP contribution in [-0.2, 0) is 0 Å². The first-order valence-electron chi connectivity index (χ1n) is 8.71. The second-order valence-electron chi connectivity index (χ2n) is 5.95. The molecule has 0 aliphatic heterocycles. The second kappa shape index (κ2) is 16.4. The lowest BCUT2D eigenvalue weighted by Crippen LogP contribution is -2.10. The highest BCUT2D eigenvalue weighted by atomic mass is 32.1. The number of unbranched alkanes of at least 4 members (excludes halogenated alkanes) is 13. The number of nitrogens with two attached hydrogens (primary N) is 1. The Labute approximate surface area is 127 Å². The lowest BCUT2D eigenvalue weighted by Gasteiger charge is -2.04. The predicted molar refractivity (Wildman–Crippen MR) is 91.9 cm³/mol. The third-order valence-corrected chi connectivity index (χ3v) is 4.11. The molecule has 1 nitrogen and oxygen atoms in total. The molecule has 0 aromatic carbocycles. The highest BCUT2D eigenvalue weighted by molar-refractivity contribution is 7.80. The number of hydrogen-bond acceptors (Lipinski definition) is 2. The van der Waals surface area contributed by atoms with Crippen LogP contribution in [0.1, 0.15) is 103 Å². The van der Waals surface area contributed by atoms with E-state index in [-0.39, 0.29) is 5.37 Å². The van der Waals surface area contributed by atoms with Gasteiger partial charge in [-0.05, 0) is 6.42 Å². The number of hydrogen-bond donors (Lipinski definition) is 2. The summed E-state index contributed by atoms with van der Waals surface area (Å²) in [6.45, 7) is 2.28. The zero-order chi connectivity index (χ0) is 14.2. The van der Waals surface area contributed by atoms with E-state index in [1.165, 1.54) is 89.9 Å². The minimum Gasteiger partial charge on any atom is -0.320 e. The van der Waals surface area contributed by atoms with Gasteiger partial charge in [0.2, 0.25) is 0 Å². The Morgan fingerprint density at radius 3 is 1.26 bits per heavy atom. The van der Waals surface area contributed by atoms with E-state index >= 15 is 0 Å². The molecule has 2 N–H and O–H groups in total. The SMILES string of the molecule is CCCCCCCCCCCCCCCCC(N)S. The topological polar surface area (TPSA) is 26.0 Å². The summed E-state index contributed by atoms with van der Waals surface area (Å²) in [6, 6.07) is 0. The molecule has 19 heavy (non-hydrogen) atoms. The first-order valence-corrected chi connectivity index (χ1v) is 9.22. The first kappa shape index (κ1) is 19.3. The Hall–Kier alpha value is 0.310. The third kappa shape index (κ3) is 18.3. The first-order chi connectivity index (χ1) is 9.27. The van der Waals surface area contributed by atoms with Crippen LogP contribution in [0.3, 0.4) is 0 Å². The van der Waals surface area contributed by atoms with E-state index in [1.807, 2.05) is 0 Å². The molecular formula is C17H37NS. The molecule has 2 heteroatoms.